The molecular weight excluding hydrogens is 174 g/mol. The van der Waals surface area contributed by atoms with Gasteiger partial charge in [-0.3, -0.25) is 4.99 Å². The Labute approximate surface area is 88.4 Å². The number of nitrogens with two attached hydrogens (primary N) is 1. The molecule has 0 aromatic carbocycles. The van der Waals surface area contributed by atoms with Crippen molar-refractivity contribution in [1.29, 1.82) is 0 Å². The van der Waals surface area contributed by atoms with Crippen LogP contribution in [-0.2, 0) is 0 Å². The highest BCUT2D eigenvalue weighted by molar-refractivity contribution is 5.80. The minimum atomic E-state index is 0.806. The molecule has 2 N–H and O–H groups in total. The van der Waals surface area contributed by atoms with Crippen LogP contribution in [0.1, 0.15) is 40.0 Å². The summed E-state index contributed by atoms with van der Waals surface area (Å²) in [7, 11) is 0. The standard InChI is InChI=1S/C11H25N3/c1-4-7-11(12)13-8-10-14(6-3)9-5-2/h4-10H2,1-3H3,(H2,12,13). The first-order valence-corrected chi connectivity index (χ1v) is 5.75. The zero-order valence-corrected chi connectivity index (χ0v) is 9.92. The molecule has 0 atom stereocenters. The van der Waals surface area contributed by atoms with Gasteiger partial charge in [-0.2, -0.15) is 0 Å². The maximum atomic E-state index is 5.72. The molecule has 0 saturated carbocycles. The average Bonchev–Trinajstić information content (AvgIpc) is 2.17. The maximum absolute atomic E-state index is 5.72. The van der Waals surface area contributed by atoms with Crippen molar-refractivity contribution in [3.63, 3.8) is 0 Å². The van der Waals surface area contributed by atoms with E-state index in [1.54, 1.807) is 0 Å². The van der Waals surface area contributed by atoms with Gasteiger partial charge in [0.05, 0.1) is 12.4 Å². The smallest absolute Gasteiger partial charge is 0.0937 e. The molecule has 3 heteroatoms. The highest BCUT2D eigenvalue weighted by Gasteiger charge is 1.98. The Kier molecular flexibility index (Phi) is 8.64. The third-order valence-electron chi connectivity index (χ3n) is 2.22. The number of amidine groups is 1. The zero-order chi connectivity index (χ0) is 10.8. The molecule has 0 unspecified atom stereocenters. The summed E-state index contributed by atoms with van der Waals surface area (Å²) in [5.74, 6) is 0.806. The summed E-state index contributed by atoms with van der Waals surface area (Å²) in [6, 6.07) is 0. The van der Waals surface area contributed by atoms with Gasteiger partial charge in [-0.15, -0.1) is 0 Å². The Morgan fingerprint density at radius 1 is 1.14 bits per heavy atom. The predicted octanol–water partition coefficient (Wildman–Crippen LogP) is 1.88. The highest BCUT2D eigenvalue weighted by atomic mass is 15.1. The fourth-order valence-corrected chi connectivity index (χ4v) is 1.41. The van der Waals surface area contributed by atoms with Gasteiger partial charge < -0.3 is 10.6 Å². The molecule has 0 aromatic rings. The number of rotatable bonds is 8. The van der Waals surface area contributed by atoms with Crippen molar-refractivity contribution in [3.8, 4) is 0 Å². The number of hydrogen-bond acceptors (Lipinski definition) is 2. The lowest BCUT2D eigenvalue weighted by molar-refractivity contribution is 0.297. The summed E-state index contributed by atoms with van der Waals surface area (Å²) in [6.07, 6.45) is 3.23. The maximum Gasteiger partial charge on any atom is 0.0937 e. The van der Waals surface area contributed by atoms with Crippen molar-refractivity contribution >= 4 is 5.84 Å². The van der Waals surface area contributed by atoms with Gasteiger partial charge in [-0.25, -0.2) is 0 Å². The van der Waals surface area contributed by atoms with E-state index in [0.717, 1.165) is 38.3 Å². The lowest BCUT2D eigenvalue weighted by Gasteiger charge is -2.17. The predicted molar refractivity (Wildman–Crippen MR) is 63.8 cm³/mol. The SMILES string of the molecule is CCCC(N)=NCCN(CC)CCC. The Hall–Kier alpha value is -0.570. The molecule has 14 heavy (non-hydrogen) atoms. The van der Waals surface area contributed by atoms with Crippen LogP contribution in [0.5, 0.6) is 0 Å². The van der Waals surface area contributed by atoms with Gasteiger partial charge in [0.2, 0.25) is 0 Å². The van der Waals surface area contributed by atoms with Crippen LogP contribution in [0.25, 0.3) is 0 Å². The first kappa shape index (κ1) is 13.4. The molecule has 0 aliphatic heterocycles. The molecule has 0 radical (unpaired) electrons. The van der Waals surface area contributed by atoms with Crippen LogP contribution in [0.15, 0.2) is 4.99 Å². The number of aliphatic imine (C=N–C) groups is 1. The van der Waals surface area contributed by atoms with E-state index in [2.05, 4.69) is 30.7 Å². The van der Waals surface area contributed by atoms with Crippen LogP contribution < -0.4 is 5.73 Å². The second-order valence-electron chi connectivity index (χ2n) is 3.56. The molecule has 0 aromatic heterocycles. The monoisotopic (exact) mass is 199 g/mol. The van der Waals surface area contributed by atoms with Crippen LogP contribution in [0.3, 0.4) is 0 Å². The second-order valence-corrected chi connectivity index (χ2v) is 3.56. The summed E-state index contributed by atoms with van der Waals surface area (Å²) < 4.78 is 0. The Morgan fingerprint density at radius 3 is 2.36 bits per heavy atom. The van der Waals surface area contributed by atoms with E-state index < -0.39 is 0 Å². The van der Waals surface area contributed by atoms with E-state index in [1.165, 1.54) is 13.0 Å². The molecular formula is C11H25N3. The van der Waals surface area contributed by atoms with Crippen LogP contribution in [0.4, 0.5) is 0 Å². The van der Waals surface area contributed by atoms with Gasteiger partial charge in [-0.05, 0) is 25.9 Å². The van der Waals surface area contributed by atoms with Gasteiger partial charge in [0.1, 0.15) is 0 Å². The lowest BCUT2D eigenvalue weighted by Crippen LogP contribution is -2.27. The number of hydrogen-bond donors (Lipinski definition) is 1. The largest absolute Gasteiger partial charge is 0.387 e. The summed E-state index contributed by atoms with van der Waals surface area (Å²) in [5, 5.41) is 0. The number of nitrogens with zero attached hydrogens (tertiary/aromatic N) is 2. The molecule has 0 amide bonds. The molecule has 0 saturated heterocycles. The van der Waals surface area contributed by atoms with E-state index in [4.69, 9.17) is 5.73 Å². The molecule has 0 heterocycles. The molecule has 0 aliphatic carbocycles. The van der Waals surface area contributed by atoms with E-state index >= 15 is 0 Å². The van der Waals surface area contributed by atoms with Gasteiger partial charge in [-0.1, -0.05) is 20.8 Å². The number of likely N-dealkylation sites (N-methyl/N-ethyl adjacent to an activating group) is 1. The average molecular weight is 199 g/mol. The first-order valence-electron chi connectivity index (χ1n) is 5.75. The molecule has 0 rings (SSSR count). The van der Waals surface area contributed by atoms with Gasteiger partial charge in [0, 0.05) is 13.0 Å². The second kappa shape index (κ2) is 9.00. The molecule has 0 fully saturated rings. The summed E-state index contributed by atoms with van der Waals surface area (Å²) in [6.45, 7) is 10.7. The molecule has 84 valence electrons. The molecule has 0 spiro atoms. The zero-order valence-electron chi connectivity index (χ0n) is 9.92. The van der Waals surface area contributed by atoms with E-state index in [1.807, 2.05) is 0 Å². The van der Waals surface area contributed by atoms with Crippen molar-refractivity contribution in [2.45, 2.75) is 40.0 Å². The van der Waals surface area contributed by atoms with E-state index in [9.17, 15) is 0 Å². The third-order valence-corrected chi connectivity index (χ3v) is 2.22. The Morgan fingerprint density at radius 2 is 1.86 bits per heavy atom. The van der Waals surface area contributed by atoms with Crippen LogP contribution >= 0.6 is 0 Å². The summed E-state index contributed by atoms with van der Waals surface area (Å²) >= 11 is 0. The molecule has 0 bridgehead atoms. The van der Waals surface area contributed by atoms with Crippen molar-refractivity contribution in [1.82, 2.24) is 4.90 Å². The van der Waals surface area contributed by atoms with Gasteiger partial charge in [0.25, 0.3) is 0 Å². The quantitative estimate of drug-likeness (QED) is 0.479. The molecule has 3 nitrogen and oxygen atoms in total. The topological polar surface area (TPSA) is 41.6 Å². The van der Waals surface area contributed by atoms with Gasteiger partial charge >= 0.3 is 0 Å². The van der Waals surface area contributed by atoms with Crippen molar-refractivity contribution in [2.24, 2.45) is 10.7 Å². The van der Waals surface area contributed by atoms with Crippen molar-refractivity contribution in [2.75, 3.05) is 26.2 Å². The van der Waals surface area contributed by atoms with Crippen molar-refractivity contribution < 1.29 is 0 Å². The van der Waals surface area contributed by atoms with E-state index in [-0.39, 0.29) is 0 Å². The van der Waals surface area contributed by atoms with E-state index in [0.29, 0.717) is 0 Å². The lowest BCUT2D eigenvalue weighted by atomic mass is 10.3. The van der Waals surface area contributed by atoms with Crippen molar-refractivity contribution in [3.05, 3.63) is 0 Å². The minimum absolute atomic E-state index is 0.806. The Bertz CT molecular complexity index is 155. The fourth-order valence-electron chi connectivity index (χ4n) is 1.41. The fraction of sp³-hybridized carbons (Fsp3) is 0.909. The summed E-state index contributed by atoms with van der Waals surface area (Å²) in [4.78, 5) is 6.74. The first-order chi connectivity index (χ1) is 6.74. The van der Waals surface area contributed by atoms with Gasteiger partial charge in [0.15, 0.2) is 0 Å². The Balaban J connectivity index is 3.63. The van der Waals surface area contributed by atoms with Crippen LogP contribution in [0.2, 0.25) is 0 Å². The third kappa shape index (κ3) is 6.89. The van der Waals surface area contributed by atoms with Crippen LogP contribution in [-0.4, -0.2) is 36.9 Å². The molecule has 0 aliphatic rings. The minimum Gasteiger partial charge on any atom is -0.387 e. The summed E-state index contributed by atoms with van der Waals surface area (Å²) in [5.41, 5.74) is 5.72. The normalized spacial score (nSPS) is 12.4. The highest BCUT2D eigenvalue weighted by Crippen LogP contribution is 1.92. The van der Waals surface area contributed by atoms with Crippen LogP contribution in [0, 0.1) is 0 Å².